The van der Waals surface area contributed by atoms with Crippen LogP contribution in [0.25, 0.3) is 66.2 Å². The Kier molecular flexibility index (Phi) is 3.30. The van der Waals surface area contributed by atoms with Gasteiger partial charge in [-0.25, -0.2) is 29.9 Å². The van der Waals surface area contributed by atoms with E-state index in [1.807, 2.05) is 72.8 Å². The molecular formula is C25H12N6O. The van der Waals surface area contributed by atoms with Crippen molar-refractivity contribution in [1.82, 2.24) is 29.9 Å². The highest BCUT2D eigenvalue weighted by Gasteiger charge is 2.18. The van der Waals surface area contributed by atoms with Gasteiger partial charge in [0.05, 0.1) is 33.1 Å². The zero-order valence-corrected chi connectivity index (χ0v) is 16.5. The highest BCUT2D eigenvalue weighted by Crippen LogP contribution is 2.27. The van der Waals surface area contributed by atoms with E-state index in [0.29, 0.717) is 55.2 Å². The number of nitrogens with zero attached hydrogens (tertiary/aromatic N) is 6. The molecule has 0 aliphatic heterocycles. The van der Waals surface area contributed by atoms with Crippen molar-refractivity contribution in [3.05, 3.63) is 83.0 Å². The first-order chi connectivity index (χ1) is 15.8. The first-order valence-electron chi connectivity index (χ1n) is 10.1. The second-order valence-electron chi connectivity index (χ2n) is 7.56. The van der Waals surface area contributed by atoms with Gasteiger partial charge in [-0.15, -0.1) is 0 Å². The summed E-state index contributed by atoms with van der Waals surface area (Å²) in [7, 11) is 0. The van der Waals surface area contributed by atoms with E-state index in [0.717, 1.165) is 0 Å². The van der Waals surface area contributed by atoms with E-state index in [1.54, 1.807) is 0 Å². The molecule has 0 unspecified atom stereocenters. The molecule has 3 heterocycles. The number of hydrogen-bond donors (Lipinski definition) is 0. The number of hydrogen-bond acceptors (Lipinski definition) is 7. The molecule has 7 rings (SSSR count). The van der Waals surface area contributed by atoms with Crippen molar-refractivity contribution in [1.29, 1.82) is 0 Å². The molecule has 7 aromatic rings. The van der Waals surface area contributed by atoms with Gasteiger partial charge in [0, 0.05) is 0 Å². The fourth-order valence-corrected chi connectivity index (χ4v) is 4.09. The van der Waals surface area contributed by atoms with Crippen LogP contribution in [0.15, 0.2) is 77.6 Å². The predicted octanol–water partition coefficient (Wildman–Crippen LogP) is 4.34. The summed E-state index contributed by atoms with van der Waals surface area (Å²) < 4.78 is 0. The Hall–Kier alpha value is -4.65. The third kappa shape index (κ3) is 2.33. The summed E-state index contributed by atoms with van der Waals surface area (Å²) >= 11 is 0. The van der Waals surface area contributed by atoms with Crippen molar-refractivity contribution in [2.45, 2.75) is 0 Å². The highest BCUT2D eigenvalue weighted by atomic mass is 16.1. The Labute approximate surface area is 179 Å². The Morgan fingerprint density at radius 3 is 0.844 bits per heavy atom. The lowest BCUT2D eigenvalue weighted by atomic mass is 10.2. The summed E-state index contributed by atoms with van der Waals surface area (Å²) in [5.74, 6) is 0. The maximum absolute atomic E-state index is 13.7. The molecule has 0 fully saturated rings. The van der Waals surface area contributed by atoms with Crippen LogP contribution in [-0.4, -0.2) is 29.9 Å². The Bertz CT molecular complexity index is 1830. The number of benzene rings is 3. The molecule has 7 heteroatoms. The zero-order chi connectivity index (χ0) is 21.2. The van der Waals surface area contributed by atoms with Gasteiger partial charge in [0.2, 0.25) is 5.43 Å². The van der Waals surface area contributed by atoms with Crippen molar-refractivity contribution in [3.8, 4) is 0 Å². The normalized spacial score (nSPS) is 11.9. The average Bonchev–Trinajstić information content (AvgIpc) is 2.93. The first-order valence-corrected chi connectivity index (χ1v) is 10.1. The highest BCUT2D eigenvalue weighted by molar-refractivity contribution is 6.13. The number of aromatic nitrogens is 6. The first kappa shape index (κ1) is 17.1. The van der Waals surface area contributed by atoms with Crippen LogP contribution in [0.2, 0.25) is 0 Å². The SMILES string of the molecule is O=c1c2nc3ccccc3nc2c2nc3ccccc3nc2c2nc3ccccc3nc12. The van der Waals surface area contributed by atoms with Crippen molar-refractivity contribution in [2.24, 2.45) is 0 Å². The van der Waals surface area contributed by atoms with E-state index < -0.39 is 0 Å². The topological polar surface area (TPSA) is 94.4 Å². The van der Waals surface area contributed by atoms with Crippen LogP contribution in [0.5, 0.6) is 0 Å². The molecule has 0 atom stereocenters. The summed E-state index contributed by atoms with van der Waals surface area (Å²) in [6.07, 6.45) is 0. The maximum atomic E-state index is 13.7. The van der Waals surface area contributed by atoms with E-state index in [-0.39, 0.29) is 16.5 Å². The van der Waals surface area contributed by atoms with Crippen molar-refractivity contribution in [2.75, 3.05) is 0 Å². The molecule has 0 spiro atoms. The molecule has 0 aliphatic rings. The fraction of sp³-hybridized carbons (Fsp3) is 0. The van der Waals surface area contributed by atoms with Gasteiger partial charge in [-0.1, -0.05) is 36.4 Å². The third-order valence-electron chi connectivity index (χ3n) is 5.59. The molecule has 3 aromatic heterocycles. The minimum Gasteiger partial charge on any atom is -0.285 e. The van der Waals surface area contributed by atoms with Gasteiger partial charge in [0.1, 0.15) is 33.1 Å². The maximum Gasteiger partial charge on any atom is 0.234 e. The zero-order valence-electron chi connectivity index (χ0n) is 16.5. The second-order valence-corrected chi connectivity index (χ2v) is 7.56. The van der Waals surface area contributed by atoms with E-state index in [1.165, 1.54) is 0 Å². The van der Waals surface area contributed by atoms with Crippen LogP contribution in [0.4, 0.5) is 0 Å². The second kappa shape index (κ2) is 6.18. The van der Waals surface area contributed by atoms with Crippen LogP contribution in [0.3, 0.4) is 0 Å². The Morgan fingerprint density at radius 1 is 0.344 bits per heavy atom. The van der Waals surface area contributed by atoms with E-state index >= 15 is 0 Å². The monoisotopic (exact) mass is 412 g/mol. The fourth-order valence-electron chi connectivity index (χ4n) is 4.09. The van der Waals surface area contributed by atoms with Gasteiger partial charge in [-0.2, -0.15) is 0 Å². The average molecular weight is 412 g/mol. The quantitative estimate of drug-likeness (QED) is 0.366. The Balaban J connectivity index is 1.87. The summed E-state index contributed by atoms with van der Waals surface area (Å²) in [5, 5.41) is 0. The number of fused-ring (bicyclic) bond motifs is 8. The summed E-state index contributed by atoms with van der Waals surface area (Å²) in [4.78, 5) is 42.3. The van der Waals surface area contributed by atoms with Crippen molar-refractivity contribution >= 4 is 66.2 Å². The lowest BCUT2D eigenvalue weighted by Gasteiger charge is -2.02. The van der Waals surface area contributed by atoms with Gasteiger partial charge in [-0.3, -0.25) is 4.79 Å². The molecule has 32 heavy (non-hydrogen) atoms. The van der Waals surface area contributed by atoms with Crippen LogP contribution in [0.1, 0.15) is 0 Å². The predicted molar refractivity (Wildman–Crippen MR) is 125 cm³/mol. The van der Waals surface area contributed by atoms with Crippen LogP contribution < -0.4 is 5.43 Å². The lowest BCUT2D eigenvalue weighted by Crippen LogP contribution is -2.05. The van der Waals surface area contributed by atoms with Gasteiger partial charge < -0.3 is 0 Å². The molecular weight excluding hydrogens is 400 g/mol. The molecule has 0 bridgehead atoms. The molecule has 0 saturated heterocycles. The molecule has 0 radical (unpaired) electrons. The van der Waals surface area contributed by atoms with Gasteiger partial charge >= 0.3 is 0 Å². The van der Waals surface area contributed by atoms with Gasteiger partial charge in [-0.05, 0) is 36.4 Å². The van der Waals surface area contributed by atoms with Gasteiger partial charge in [0.15, 0.2) is 0 Å². The summed E-state index contributed by atoms with van der Waals surface area (Å²) in [6, 6.07) is 22.5. The van der Waals surface area contributed by atoms with E-state index in [2.05, 4.69) is 9.97 Å². The molecule has 0 saturated carbocycles. The smallest absolute Gasteiger partial charge is 0.234 e. The molecule has 7 nitrogen and oxygen atoms in total. The minimum atomic E-state index is -0.338. The van der Waals surface area contributed by atoms with Crippen LogP contribution >= 0.6 is 0 Å². The molecule has 0 aliphatic carbocycles. The van der Waals surface area contributed by atoms with Crippen LogP contribution in [0, 0.1) is 0 Å². The third-order valence-corrected chi connectivity index (χ3v) is 5.59. The summed E-state index contributed by atoms with van der Waals surface area (Å²) in [5.41, 5.74) is 5.85. The van der Waals surface area contributed by atoms with Crippen LogP contribution in [-0.2, 0) is 0 Å². The number of rotatable bonds is 0. The van der Waals surface area contributed by atoms with Crippen molar-refractivity contribution < 1.29 is 0 Å². The Morgan fingerprint density at radius 2 is 0.562 bits per heavy atom. The summed E-state index contributed by atoms with van der Waals surface area (Å²) in [6.45, 7) is 0. The minimum absolute atomic E-state index is 0.206. The lowest BCUT2D eigenvalue weighted by molar-refractivity contribution is 1.37. The molecule has 0 N–H and O–H groups in total. The molecule has 4 aromatic carbocycles. The molecule has 0 amide bonds. The standard InChI is InChI=1S/C25H12N6O/c32-25-23-21(28-15-9-3-5-11-17(15)30-23)19-20(27-14-8-2-1-7-13(14)26-19)22-24(25)31-18-12-6-4-10-16(18)29-22/h1-12H. The largest absolute Gasteiger partial charge is 0.285 e. The molecule has 148 valence electrons. The number of para-hydroxylation sites is 6. The van der Waals surface area contributed by atoms with E-state index in [9.17, 15) is 4.79 Å². The van der Waals surface area contributed by atoms with Crippen molar-refractivity contribution in [3.63, 3.8) is 0 Å². The van der Waals surface area contributed by atoms with Gasteiger partial charge in [0.25, 0.3) is 0 Å². The van der Waals surface area contributed by atoms with E-state index in [4.69, 9.17) is 19.9 Å².